The van der Waals surface area contributed by atoms with Crippen LogP contribution in [0.15, 0.2) is 46.9 Å². The third kappa shape index (κ3) is 4.16. The molecule has 0 aliphatic carbocycles. The van der Waals surface area contributed by atoms with E-state index in [0.29, 0.717) is 16.5 Å². The lowest BCUT2D eigenvalue weighted by Gasteiger charge is -2.07. The fourth-order valence-corrected chi connectivity index (χ4v) is 4.51. The third-order valence-electron chi connectivity index (χ3n) is 3.08. The van der Waals surface area contributed by atoms with E-state index in [1.807, 2.05) is 22.6 Å². The lowest BCUT2D eigenvalue weighted by Crippen LogP contribution is -2.15. The van der Waals surface area contributed by atoms with Gasteiger partial charge in [0, 0.05) is 30.5 Å². The maximum Gasteiger partial charge on any atom is 0.277 e. The molecular weight excluding hydrogens is 477 g/mol. The number of halogens is 1. The van der Waals surface area contributed by atoms with Crippen LogP contribution in [0.25, 0.3) is 0 Å². The van der Waals surface area contributed by atoms with E-state index < -0.39 is 10.0 Å². The number of carbonyl (C=O) groups excluding carboxylic acids is 1. The number of anilines is 2. The molecule has 0 saturated carbocycles. The second-order valence-electron chi connectivity index (χ2n) is 4.92. The van der Waals surface area contributed by atoms with E-state index in [0.717, 1.165) is 3.57 Å². The van der Waals surface area contributed by atoms with Gasteiger partial charge in [-0.15, -0.1) is 11.3 Å². The number of rotatable bonds is 5. The molecule has 3 aromatic rings. The van der Waals surface area contributed by atoms with Gasteiger partial charge < -0.3 is 5.32 Å². The molecule has 11 heteroatoms. The van der Waals surface area contributed by atoms with Crippen LogP contribution in [0.1, 0.15) is 10.5 Å². The normalized spacial score (nSPS) is 11.3. The van der Waals surface area contributed by atoms with Gasteiger partial charge in [0.05, 0.1) is 8.47 Å². The van der Waals surface area contributed by atoms with Gasteiger partial charge in [0.1, 0.15) is 0 Å². The number of nitrogens with zero attached hydrogens (tertiary/aromatic N) is 3. The summed E-state index contributed by atoms with van der Waals surface area (Å²) in [5.41, 5.74) is 0.782. The maximum absolute atomic E-state index is 12.3. The molecule has 0 spiro atoms. The number of carbonyl (C=O) groups is 1. The number of sulfonamides is 1. The minimum Gasteiger partial charge on any atom is -0.321 e. The highest BCUT2D eigenvalue weighted by Gasteiger charge is 2.17. The SMILES string of the molecule is Cn1cc(I)c(C(=O)Nc2ccc(S(=O)(=O)Nc3nccs3)cc2)n1. The Hall–Kier alpha value is -1.99. The Morgan fingerprint density at radius 3 is 2.56 bits per heavy atom. The molecule has 0 saturated heterocycles. The minimum absolute atomic E-state index is 0.0770. The summed E-state index contributed by atoms with van der Waals surface area (Å²) < 4.78 is 29.2. The monoisotopic (exact) mass is 489 g/mol. The Kier molecular flexibility index (Phi) is 5.06. The Morgan fingerprint density at radius 2 is 2.00 bits per heavy atom. The van der Waals surface area contributed by atoms with Gasteiger partial charge >= 0.3 is 0 Å². The van der Waals surface area contributed by atoms with Crippen molar-refractivity contribution in [3.8, 4) is 0 Å². The molecule has 25 heavy (non-hydrogen) atoms. The zero-order valence-corrected chi connectivity index (χ0v) is 16.6. The van der Waals surface area contributed by atoms with Crippen molar-refractivity contribution in [2.45, 2.75) is 4.90 Å². The number of benzene rings is 1. The number of aryl methyl sites for hydroxylation is 1. The summed E-state index contributed by atoms with van der Waals surface area (Å²) in [7, 11) is -1.99. The van der Waals surface area contributed by atoms with Gasteiger partial charge in [-0.25, -0.2) is 13.4 Å². The number of aromatic nitrogens is 3. The molecule has 2 N–H and O–H groups in total. The van der Waals surface area contributed by atoms with Crippen LogP contribution >= 0.6 is 33.9 Å². The van der Waals surface area contributed by atoms with Crippen LogP contribution in [-0.2, 0) is 17.1 Å². The molecule has 2 heterocycles. The molecule has 0 unspecified atom stereocenters. The van der Waals surface area contributed by atoms with Crippen molar-refractivity contribution in [2.24, 2.45) is 7.05 Å². The number of thiazole rings is 1. The van der Waals surface area contributed by atoms with Gasteiger partial charge in [0.25, 0.3) is 15.9 Å². The van der Waals surface area contributed by atoms with E-state index in [1.54, 1.807) is 23.3 Å². The molecular formula is C14H12IN5O3S2. The number of nitrogens with one attached hydrogen (secondary N) is 2. The van der Waals surface area contributed by atoms with E-state index in [4.69, 9.17) is 0 Å². The van der Waals surface area contributed by atoms with Gasteiger partial charge in [-0.1, -0.05) is 0 Å². The smallest absolute Gasteiger partial charge is 0.277 e. The first-order valence-electron chi connectivity index (χ1n) is 6.88. The number of amides is 1. The van der Waals surface area contributed by atoms with Gasteiger partial charge in [-0.05, 0) is 46.9 Å². The zero-order chi connectivity index (χ0) is 18.0. The first-order valence-corrected chi connectivity index (χ1v) is 10.3. The third-order valence-corrected chi connectivity index (χ3v) is 6.04. The van der Waals surface area contributed by atoms with Crippen molar-refractivity contribution in [3.05, 3.63) is 51.3 Å². The predicted octanol–water partition coefficient (Wildman–Crippen LogP) is 2.53. The fourth-order valence-electron chi connectivity index (χ4n) is 1.97. The maximum atomic E-state index is 12.3. The van der Waals surface area contributed by atoms with Gasteiger partial charge in [0.2, 0.25) is 0 Å². The molecule has 2 aromatic heterocycles. The summed E-state index contributed by atoms with van der Waals surface area (Å²) in [6, 6.07) is 5.86. The van der Waals surface area contributed by atoms with Crippen molar-refractivity contribution >= 4 is 60.7 Å². The molecule has 0 atom stereocenters. The second-order valence-corrected chi connectivity index (χ2v) is 8.66. The van der Waals surface area contributed by atoms with Crippen LogP contribution in [0.4, 0.5) is 10.8 Å². The lowest BCUT2D eigenvalue weighted by molar-refractivity contribution is 0.102. The van der Waals surface area contributed by atoms with Crippen LogP contribution in [0, 0.1) is 3.57 Å². The molecule has 1 amide bonds. The Morgan fingerprint density at radius 1 is 1.28 bits per heavy atom. The molecule has 0 radical (unpaired) electrons. The predicted molar refractivity (Wildman–Crippen MR) is 103 cm³/mol. The summed E-state index contributed by atoms with van der Waals surface area (Å²) in [6.45, 7) is 0. The quantitative estimate of drug-likeness (QED) is 0.536. The summed E-state index contributed by atoms with van der Waals surface area (Å²) in [4.78, 5) is 16.2. The van der Waals surface area contributed by atoms with E-state index in [2.05, 4.69) is 20.1 Å². The minimum atomic E-state index is -3.72. The van der Waals surface area contributed by atoms with E-state index in [1.165, 1.54) is 41.8 Å². The number of hydrogen-bond donors (Lipinski definition) is 2. The largest absolute Gasteiger partial charge is 0.321 e. The summed E-state index contributed by atoms with van der Waals surface area (Å²) >= 11 is 3.22. The first-order chi connectivity index (χ1) is 11.8. The van der Waals surface area contributed by atoms with Crippen molar-refractivity contribution in [1.82, 2.24) is 14.8 Å². The van der Waals surface area contributed by atoms with Gasteiger partial charge in [-0.2, -0.15) is 5.10 Å². The standard InChI is InChI=1S/C14H12IN5O3S2/c1-20-8-11(15)12(18-20)13(21)17-9-2-4-10(5-3-9)25(22,23)19-14-16-6-7-24-14/h2-8H,1H3,(H,16,19)(H,17,21). The second kappa shape index (κ2) is 7.09. The molecule has 0 fully saturated rings. The van der Waals surface area contributed by atoms with Crippen molar-refractivity contribution < 1.29 is 13.2 Å². The zero-order valence-electron chi connectivity index (χ0n) is 12.8. The Labute approximate surface area is 161 Å². The molecule has 0 bridgehead atoms. The fraction of sp³-hybridized carbons (Fsp3) is 0.0714. The summed E-state index contributed by atoms with van der Waals surface area (Å²) in [5, 5.41) is 8.75. The summed E-state index contributed by atoms with van der Waals surface area (Å²) in [5.74, 6) is -0.360. The Bertz CT molecular complexity index is 998. The van der Waals surface area contributed by atoms with Gasteiger partial charge in [-0.3, -0.25) is 14.2 Å². The van der Waals surface area contributed by atoms with E-state index in [9.17, 15) is 13.2 Å². The highest BCUT2D eigenvalue weighted by Crippen LogP contribution is 2.20. The van der Waals surface area contributed by atoms with Crippen LogP contribution in [-0.4, -0.2) is 29.1 Å². The van der Waals surface area contributed by atoms with Crippen LogP contribution in [0.5, 0.6) is 0 Å². The lowest BCUT2D eigenvalue weighted by atomic mass is 10.3. The van der Waals surface area contributed by atoms with Crippen LogP contribution < -0.4 is 10.0 Å². The number of hydrogen-bond acceptors (Lipinski definition) is 6. The average Bonchev–Trinajstić information content (AvgIpc) is 3.16. The molecule has 1 aromatic carbocycles. The Balaban J connectivity index is 1.74. The molecule has 0 aliphatic heterocycles. The molecule has 8 nitrogen and oxygen atoms in total. The first kappa shape index (κ1) is 17.8. The van der Waals surface area contributed by atoms with E-state index >= 15 is 0 Å². The summed E-state index contributed by atoms with van der Waals surface area (Å²) in [6.07, 6.45) is 3.25. The molecule has 0 aliphatic rings. The van der Waals surface area contributed by atoms with Crippen molar-refractivity contribution in [1.29, 1.82) is 0 Å². The highest BCUT2D eigenvalue weighted by molar-refractivity contribution is 14.1. The van der Waals surface area contributed by atoms with Crippen LogP contribution in [0.3, 0.4) is 0 Å². The van der Waals surface area contributed by atoms with Crippen molar-refractivity contribution in [2.75, 3.05) is 10.0 Å². The molecule has 3 rings (SSSR count). The van der Waals surface area contributed by atoms with Gasteiger partial charge in [0.15, 0.2) is 10.8 Å². The molecule has 130 valence electrons. The van der Waals surface area contributed by atoms with Crippen molar-refractivity contribution in [3.63, 3.8) is 0 Å². The average molecular weight is 489 g/mol. The van der Waals surface area contributed by atoms with Crippen LogP contribution in [0.2, 0.25) is 0 Å². The highest BCUT2D eigenvalue weighted by atomic mass is 127. The topological polar surface area (TPSA) is 106 Å². The van der Waals surface area contributed by atoms with E-state index in [-0.39, 0.29) is 10.8 Å².